The average Bonchev–Trinajstić information content (AvgIpc) is 2.20. The zero-order valence-corrected chi connectivity index (χ0v) is 10.9. The molecule has 0 saturated heterocycles. The molecule has 0 heterocycles. The lowest BCUT2D eigenvalue weighted by Crippen LogP contribution is -1.85. The van der Waals surface area contributed by atoms with Gasteiger partial charge in [-0.25, -0.2) is 0 Å². The molecule has 0 aliphatic carbocycles. The van der Waals surface area contributed by atoms with Crippen LogP contribution in [0.4, 0.5) is 0 Å². The normalized spacial score (nSPS) is 11.3. The van der Waals surface area contributed by atoms with E-state index in [1.165, 1.54) is 42.4 Å². The van der Waals surface area contributed by atoms with E-state index in [1.54, 1.807) is 0 Å². The molecule has 86 valence electrons. The first kappa shape index (κ1) is 14.2. The molecule has 0 aliphatic heterocycles. The van der Waals surface area contributed by atoms with E-state index in [-0.39, 0.29) is 0 Å². The van der Waals surface area contributed by atoms with Gasteiger partial charge in [0.15, 0.2) is 0 Å². The molecule has 0 heteroatoms. The van der Waals surface area contributed by atoms with Crippen LogP contribution in [-0.2, 0) is 0 Å². The summed E-state index contributed by atoms with van der Waals surface area (Å²) in [5.74, 6) is 0. The topological polar surface area (TPSA) is 0 Å². The van der Waals surface area contributed by atoms with Crippen LogP contribution >= 0.6 is 0 Å². The van der Waals surface area contributed by atoms with Crippen LogP contribution in [0.2, 0.25) is 0 Å². The lowest BCUT2D eigenvalue weighted by Gasteiger charge is -2.05. The number of rotatable bonds is 7. The van der Waals surface area contributed by atoms with Gasteiger partial charge in [0.05, 0.1) is 0 Å². The van der Waals surface area contributed by atoms with Crippen molar-refractivity contribution in [3.8, 4) is 0 Å². The Morgan fingerprint density at radius 2 is 1.67 bits per heavy atom. The van der Waals surface area contributed by atoms with Gasteiger partial charge in [0.2, 0.25) is 0 Å². The van der Waals surface area contributed by atoms with E-state index in [1.807, 2.05) is 0 Å². The molecule has 0 aromatic rings. The molecule has 0 unspecified atom stereocenters. The molecular formula is C15H26. The summed E-state index contributed by atoms with van der Waals surface area (Å²) in [4.78, 5) is 0. The summed E-state index contributed by atoms with van der Waals surface area (Å²) in [7, 11) is 0. The van der Waals surface area contributed by atoms with Gasteiger partial charge in [-0.3, -0.25) is 0 Å². The fraction of sp³-hybridized carbons (Fsp3) is 0.600. The largest absolute Gasteiger partial charge is 0.0956 e. The van der Waals surface area contributed by atoms with E-state index >= 15 is 0 Å². The maximum Gasteiger partial charge on any atom is -0.0282 e. The van der Waals surface area contributed by atoms with Gasteiger partial charge in [-0.05, 0) is 39.2 Å². The highest BCUT2D eigenvalue weighted by Gasteiger charge is 1.96. The molecule has 0 aliphatic rings. The molecule has 0 bridgehead atoms. The minimum atomic E-state index is 1.15. The maximum absolute atomic E-state index is 4.13. The fourth-order valence-electron chi connectivity index (χ4n) is 1.37. The zero-order valence-electron chi connectivity index (χ0n) is 10.9. The van der Waals surface area contributed by atoms with Gasteiger partial charge < -0.3 is 0 Å². The lowest BCUT2D eigenvalue weighted by molar-refractivity contribution is 0.666. The molecule has 0 radical (unpaired) electrons. The molecule has 15 heavy (non-hydrogen) atoms. The summed E-state index contributed by atoms with van der Waals surface area (Å²) >= 11 is 0. The highest BCUT2D eigenvalue weighted by atomic mass is 14.0. The van der Waals surface area contributed by atoms with Gasteiger partial charge in [0.1, 0.15) is 0 Å². The Morgan fingerprint density at radius 3 is 2.20 bits per heavy atom. The zero-order chi connectivity index (χ0) is 11.7. The monoisotopic (exact) mass is 206 g/mol. The van der Waals surface area contributed by atoms with Crippen molar-refractivity contribution in [2.24, 2.45) is 0 Å². The van der Waals surface area contributed by atoms with E-state index in [9.17, 15) is 0 Å². The Balaban J connectivity index is 3.89. The van der Waals surface area contributed by atoms with Crippen molar-refractivity contribution in [1.82, 2.24) is 0 Å². The van der Waals surface area contributed by atoms with E-state index < -0.39 is 0 Å². The van der Waals surface area contributed by atoms with Crippen molar-refractivity contribution in [3.63, 3.8) is 0 Å². The van der Waals surface area contributed by atoms with Crippen molar-refractivity contribution >= 4 is 0 Å². The average molecular weight is 206 g/mol. The third-order valence-electron chi connectivity index (χ3n) is 2.56. The van der Waals surface area contributed by atoms with Crippen molar-refractivity contribution in [2.75, 3.05) is 0 Å². The summed E-state index contributed by atoms with van der Waals surface area (Å²) in [6.07, 6.45) is 10.8. The Kier molecular flexibility index (Phi) is 8.08. The molecule has 0 rings (SSSR count). The molecule has 0 aromatic carbocycles. The Hall–Kier alpha value is -0.780. The van der Waals surface area contributed by atoms with Crippen molar-refractivity contribution in [3.05, 3.63) is 35.5 Å². The van der Waals surface area contributed by atoms with E-state index in [4.69, 9.17) is 0 Å². The second-order valence-corrected chi connectivity index (χ2v) is 4.51. The van der Waals surface area contributed by atoms with Crippen LogP contribution in [0.1, 0.15) is 59.8 Å². The summed E-state index contributed by atoms with van der Waals surface area (Å²) < 4.78 is 0. The maximum atomic E-state index is 4.13. The number of hydrogen-bond donors (Lipinski definition) is 0. The van der Waals surface area contributed by atoms with Gasteiger partial charge in [-0.15, -0.1) is 0 Å². The van der Waals surface area contributed by atoms with E-state index in [0.717, 1.165) is 6.42 Å². The number of hydrogen-bond acceptors (Lipinski definition) is 0. The van der Waals surface area contributed by atoms with Crippen LogP contribution in [-0.4, -0.2) is 0 Å². The van der Waals surface area contributed by atoms with Crippen LogP contribution in [0.15, 0.2) is 35.5 Å². The first-order valence-electron chi connectivity index (χ1n) is 6.07. The highest BCUT2D eigenvalue weighted by Crippen LogP contribution is 2.16. The predicted octanol–water partition coefficient (Wildman–Crippen LogP) is 5.43. The third-order valence-corrected chi connectivity index (χ3v) is 2.56. The van der Waals surface area contributed by atoms with E-state index in [0.29, 0.717) is 0 Å². The fourth-order valence-corrected chi connectivity index (χ4v) is 1.37. The van der Waals surface area contributed by atoms with Crippen LogP contribution < -0.4 is 0 Å². The van der Waals surface area contributed by atoms with Crippen LogP contribution in [0.5, 0.6) is 0 Å². The Bertz CT molecular complexity index is 237. The molecule has 0 atom stereocenters. The van der Waals surface area contributed by atoms with Gasteiger partial charge in [-0.2, -0.15) is 0 Å². The second kappa shape index (κ2) is 8.52. The number of allylic oxidation sites excluding steroid dienone is 5. The highest BCUT2D eigenvalue weighted by molar-refractivity contribution is 5.30. The molecule has 0 saturated carbocycles. The van der Waals surface area contributed by atoms with Crippen molar-refractivity contribution < 1.29 is 0 Å². The molecule has 0 N–H and O–H groups in total. The van der Waals surface area contributed by atoms with Crippen LogP contribution in [0.25, 0.3) is 0 Å². The van der Waals surface area contributed by atoms with Gasteiger partial charge in [0, 0.05) is 0 Å². The number of unbranched alkanes of at least 4 members (excludes halogenated alkanes) is 3. The summed E-state index contributed by atoms with van der Waals surface area (Å²) in [5, 5.41) is 0. The molecule has 0 amide bonds. The molecular weight excluding hydrogens is 180 g/mol. The van der Waals surface area contributed by atoms with Crippen LogP contribution in [0.3, 0.4) is 0 Å². The molecule has 0 aromatic heterocycles. The Labute approximate surface area is 95.8 Å². The van der Waals surface area contributed by atoms with Crippen molar-refractivity contribution in [1.29, 1.82) is 0 Å². The first-order chi connectivity index (χ1) is 7.07. The quantitative estimate of drug-likeness (QED) is 0.385. The van der Waals surface area contributed by atoms with Gasteiger partial charge in [0.25, 0.3) is 0 Å². The smallest absolute Gasteiger partial charge is 0.0282 e. The summed E-state index contributed by atoms with van der Waals surface area (Å²) in [5.41, 5.74) is 3.96. The first-order valence-corrected chi connectivity index (χ1v) is 6.07. The third kappa shape index (κ3) is 8.23. The standard InChI is InChI=1S/C15H26/c1-6-7-8-9-10-14(4)15(5)12-11-13(2)3/h11-12H,4,6-10H2,1-3,5H3/b15-12+. The molecule has 0 nitrogen and oxygen atoms in total. The van der Waals surface area contributed by atoms with Crippen molar-refractivity contribution in [2.45, 2.75) is 59.8 Å². The SMILES string of the molecule is C=C(CCCCCC)/C(C)=C/C=C(C)C. The molecule has 0 spiro atoms. The second-order valence-electron chi connectivity index (χ2n) is 4.51. The summed E-state index contributed by atoms with van der Waals surface area (Å²) in [6, 6.07) is 0. The molecule has 0 fully saturated rings. The van der Waals surface area contributed by atoms with E-state index in [2.05, 4.69) is 46.4 Å². The van der Waals surface area contributed by atoms with Crippen LogP contribution in [0, 0.1) is 0 Å². The minimum absolute atomic E-state index is 1.15. The summed E-state index contributed by atoms with van der Waals surface area (Å²) in [6.45, 7) is 12.8. The minimum Gasteiger partial charge on any atom is -0.0956 e. The lowest BCUT2D eigenvalue weighted by atomic mass is 10.0. The van der Waals surface area contributed by atoms with Gasteiger partial charge in [-0.1, -0.05) is 56.1 Å². The predicted molar refractivity (Wildman–Crippen MR) is 71.1 cm³/mol. The van der Waals surface area contributed by atoms with Gasteiger partial charge >= 0.3 is 0 Å². The Morgan fingerprint density at radius 1 is 1.00 bits per heavy atom.